The largest absolute Gasteiger partial charge is 0.462 e. The fourth-order valence-corrected chi connectivity index (χ4v) is 7.13. The van der Waals surface area contributed by atoms with Gasteiger partial charge >= 0.3 is 11.9 Å². The van der Waals surface area contributed by atoms with Crippen molar-refractivity contribution in [3.05, 3.63) is 0 Å². The van der Waals surface area contributed by atoms with Crippen molar-refractivity contribution in [2.45, 2.75) is 218 Å². The van der Waals surface area contributed by atoms with E-state index in [-0.39, 0.29) is 19.4 Å². The highest BCUT2D eigenvalue weighted by Crippen LogP contribution is 2.24. The molecule has 4 N–H and O–H groups in total. The molecule has 1 rings (SSSR count). The molecule has 0 bridgehead atoms. The third-order valence-electron chi connectivity index (χ3n) is 9.69. The fourth-order valence-electron chi connectivity index (χ4n) is 6.44. The maximum Gasteiger partial charge on any atom is 0.306 e. The number of ether oxygens (including phenoxy) is 4. The van der Waals surface area contributed by atoms with Crippen LogP contribution in [0.4, 0.5) is 0 Å². The zero-order valence-electron chi connectivity index (χ0n) is 32.4. The predicted molar refractivity (Wildman–Crippen MR) is 201 cm³/mol. The van der Waals surface area contributed by atoms with E-state index in [9.17, 15) is 37.9 Å². The van der Waals surface area contributed by atoms with Crippen LogP contribution in [-0.4, -0.2) is 96.0 Å². The van der Waals surface area contributed by atoms with E-state index in [1.165, 1.54) is 103 Å². The maximum absolute atomic E-state index is 12.7. The second kappa shape index (κ2) is 30.9. The normalized spacial score (nSPS) is 21.2. The number of hydrogen-bond acceptors (Lipinski definition) is 11. The number of aliphatic hydroxyl groups excluding tert-OH is 3. The van der Waals surface area contributed by atoms with Crippen LogP contribution in [-0.2, 0) is 38.7 Å². The van der Waals surface area contributed by atoms with Gasteiger partial charge in [0.25, 0.3) is 10.1 Å². The highest BCUT2D eigenvalue weighted by Gasteiger charge is 2.46. The van der Waals surface area contributed by atoms with Crippen molar-refractivity contribution < 1.29 is 56.8 Å². The summed E-state index contributed by atoms with van der Waals surface area (Å²) in [6.45, 7) is 3.73. The summed E-state index contributed by atoms with van der Waals surface area (Å²) in [7, 11) is -4.59. The molecule has 0 spiro atoms. The topological polar surface area (TPSA) is 186 Å². The molecule has 308 valence electrons. The predicted octanol–water partition coefficient (Wildman–Crippen LogP) is 7.34. The molecule has 0 aromatic carbocycles. The second-order valence-corrected chi connectivity index (χ2v) is 16.2. The molecule has 0 saturated carbocycles. The summed E-state index contributed by atoms with van der Waals surface area (Å²) in [6.07, 6.45) is 18.8. The zero-order chi connectivity index (χ0) is 38.5. The highest BCUT2D eigenvalue weighted by molar-refractivity contribution is 7.85. The van der Waals surface area contributed by atoms with Crippen LogP contribution in [0.25, 0.3) is 0 Å². The van der Waals surface area contributed by atoms with Gasteiger partial charge in [0.2, 0.25) is 0 Å². The fraction of sp³-hybridized carbons (Fsp3) is 0.949. The van der Waals surface area contributed by atoms with E-state index in [0.29, 0.717) is 12.8 Å². The molecular weight excluding hydrogens is 692 g/mol. The van der Waals surface area contributed by atoms with Crippen molar-refractivity contribution in [2.75, 3.05) is 19.0 Å². The number of carbonyl (C=O) groups excluding carboxylic acids is 2. The smallest absolute Gasteiger partial charge is 0.306 e. The summed E-state index contributed by atoms with van der Waals surface area (Å²) in [5, 5.41) is 30.7. The molecule has 13 heteroatoms. The second-order valence-electron chi connectivity index (χ2n) is 14.7. The molecule has 2 unspecified atom stereocenters. The molecule has 0 aromatic heterocycles. The Labute approximate surface area is 314 Å². The lowest BCUT2D eigenvalue weighted by atomic mass is 10.00. The Balaban J connectivity index is 2.47. The Hall–Kier alpha value is -1.35. The SMILES string of the molecule is CCCCCCCCCCCCCCCCCC(=O)O[C@H](COC(=O)CCCCCCCCCCC)CO[C@H]1O[C@H](CS(=O)(=O)O)[C@@H](O)C(O)C1O. The zero-order valence-corrected chi connectivity index (χ0v) is 33.2. The van der Waals surface area contributed by atoms with Gasteiger partial charge in [0.1, 0.15) is 36.8 Å². The Morgan fingerprint density at radius 2 is 0.981 bits per heavy atom. The molecule has 6 atom stereocenters. The van der Waals surface area contributed by atoms with Crippen molar-refractivity contribution in [1.29, 1.82) is 0 Å². The lowest BCUT2D eigenvalue weighted by Crippen LogP contribution is -2.60. The molecule has 52 heavy (non-hydrogen) atoms. The summed E-state index contributed by atoms with van der Waals surface area (Å²) in [5.74, 6) is -1.97. The van der Waals surface area contributed by atoms with Crippen LogP contribution in [0.5, 0.6) is 0 Å². The number of hydrogen-bond donors (Lipinski definition) is 4. The molecule has 0 amide bonds. The van der Waals surface area contributed by atoms with Crippen LogP contribution in [0, 0.1) is 0 Å². The summed E-state index contributed by atoms with van der Waals surface area (Å²) in [5.41, 5.74) is 0. The molecule has 0 radical (unpaired) electrons. The minimum atomic E-state index is -4.59. The van der Waals surface area contributed by atoms with Crippen molar-refractivity contribution in [3.8, 4) is 0 Å². The van der Waals surface area contributed by atoms with E-state index in [0.717, 1.165) is 38.5 Å². The average molecular weight is 767 g/mol. The molecule has 1 aliphatic rings. The van der Waals surface area contributed by atoms with Crippen molar-refractivity contribution in [3.63, 3.8) is 0 Å². The Morgan fingerprint density at radius 3 is 1.40 bits per heavy atom. The molecule has 0 aromatic rings. The van der Waals surface area contributed by atoms with E-state index < -0.39 is 71.2 Å². The van der Waals surface area contributed by atoms with E-state index in [1.54, 1.807) is 0 Å². The molecule has 1 saturated heterocycles. The molecule has 0 aliphatic carbocycles. The first kappa shape index (κ1) is 48.7. The molecule has 1 aliphatic heterocycles. The quantitative estimate of drug-likeness (QED) is 0.0291. The first-order valence-electron chi connectivity index (χ1n) is 20.6. The summed E-state index contributed by atoms with van der Waals surface area (Å²) >= 11 is 0. The Morgan fingerprint density at radius 1 is 0.577 bits per heavy atom. The highest BCUT2D eigenvalue weighted by atomic mass is 32.2. The summed E-state index contributed by atoms with van der Waals surface area (Å²) in [4.78, 5) is 25.2. The minimum Gasteiger partial charge on any atom is -0.462 e. The lowest BCUT2D eigenvalue weighted by Gasteiger charge is -2.40. The molecule has 12 nitrogen and oxygen atoms in total. The third kappa shape index (κ3) is 25.6. The maximum atomic E-state index is 12.7. The molecule has 1 fully saturated rings. The third-order valence-corrected chi connectivity index (χ3v) is 10.4. The molecule has 1 heterocycles. The van der Waals surface area contributed by atoms with Crippen LogP contribution in [0.1, 0.15) is 181 Å². The number of esters is 2. The Bertz CT molecular complexity index is 994. The van der Waals surface area contributed by atoms with Crippen LogP contribution in [0.15, 0.2) is 0 Å². The number of carbonyl (C=O) groups is 2. The first-order valence-corrected chi connectivity index (χ1v) is 22.2. The van der Waals surface area contributed by atoms with Crippen LogP contribution >= 0.6 is 0 Å². The summed E-state index contributed by atoms with van der Waals surface area (Å²) in [6, 6.07) is 0. The van der Waals surface area contributed by atoms with Gasteiger partial charge in [-0.05, 0) is 12.8 Å². The number of aliphatic hydroxyl groups is 3. The van der Waals surface area contributed by atoms with Gasteiger partial charge in [-0.1, -0.05) is 155 Å². The average Bonchev–Trinajstić information content (AvgIpc) is 3.10. The monoisotopic (exact) mass is 766 g/mol. The molecular formula is C39H74O12S. The first-order chi connectivity index (χ1) is 25.0. The van der Waals surface area contributed by atoms with Gasteiger partial charge < -0.3 is 34.3 Å². The van der Waals surface area contributed by atoms with E-state index in [2.05, 4.69) is 13.8 Å². The van der Waals surface area contributed by atoms with E-state index in [1.807, 2.05) is 0 Å². The van der Waals surface area contributed by atoms with E-state index >= 15 is 0 Å². The van der Waals surface area contributed by atoms with Crippen molar-refractivity contribution >= 4 is 22.1 Å². The number of unbranched alkanes of at least 4 members (excludes halogenated alkanes) is 22. The van der Waals surface area contributed by atoms with Gasteiger partial charge in [0.15, 0.2) is 12.4 Å². The van der Waals surface area contributed by atoms with Crippen molar-refractivity contribution in [2.24, 2.45) is 0 Å². The van der Waals surface area contributed by atoms with Gasteiger partial charge in [-0.3, -0.25) is 14.1 Å². The minimum absolute atomic E-state index is 0.172. The van der Waals surface area contributed by atoms with Gasteiger partial charge in [0.05, 0.1) is 6.61 Å². The van der Waals surface area contributed by atoms with Crippen molar-refractivity contribution in [1.82, 2.24) is 0 Å². The lowest BCUT2D eigenvalue weighted by molar-refractivity contribution is -0.297. The standard InChI is InChI=1S/C39H74O12S/c1-3-5-7-9-11-13-14-15-16-17-18-20-22-24-26-28-35(41)50-32(29-48-34(40)27-25-23-21-19-12-10-8-6-4-2)30-49-39-38(44)37(43)36(42)33(51-39)31-52(45,46)47/h32-33,36-39,42-44H,3-31H2,1-2H3,(H,45,46,47)/t32-,33-,36-,37?,38?,39+/m1/s1. The van der Waals surface area contributed by atoms with Gasteiger partial charge in [-0.15, -0.1) is 0 Å². The Kier molecular flexibility index (Phi) is 28.9. The van der Waals surface area contributed by atoms with Gasteiger partial charge in [-0.25, -0.2) is 0 Å². The van der Waals surface area contributed by atoms with Gasteiger partial charge in [0, 0.05) is 12.8 Å². The van der Waals surface area contributed by atoms with Gasteiger partial charge in [-0.2, -0.15) is 8.42 Å². The van der Waals surface area contributed by atoms with Crippen LogP contribution in [0.3, 0.4) is 0 Å². The summed E-state index contributed by atoms with van der Waals surface area (Å²) < 4.78 is 53.8. The van der Waals surface area contributed by atoms with E-state index in [4.69, 9.17) is 18.9 Å². The number of rotatable bonds is 34. The van der Waals surface area contributed by atoms with Crippen LogP contribution in [0.2, 0.25) is 0 Å². The van der Waals surface area contributed by atoms with Crippen LogP contribution < -0.4 is 0 Å².